The van der Waals surface area contributed by atoms with Crippen LogP contribution in [0.4, 0.5) is 0 Å². The fourth-order valence-electron chi connectivity index (χ4n) is 2.87. The maximum Gasteiger partial charge on any atom is 0.326 e. The lowest BCUT2D eigenvalue weighted by atomic mass is 10.2. The number of hydrogen-bond acceptors (Lipinski definition) is 5. The van der Waals surface area contributed by atoms with Gasteiger partial charge in [-0.2, -0.15) is 0 Å². The third-order valence-electron chi connectivity index (χ3n) is 4.05. The molecule has 1 unspecified atom stereocenters. The Hall–Kier alpha value is -2.22. The van der Waals surface area contributed by atoms with Crippen LogP contribution in [0.3, 0.4) is 0 Å². The number of nitrogens with zero attached hydrogens (tertiary/aromatic N) is 2. The average molecular weight is 335 g/mol. The molecule has 0 bridgehead atoms. The molecule has 23 heavy (non-hydrogen) atoms. The van der Waals surface area contributed by atoms with E-state index in [1.807, 2.05) is 0 Å². The predicted octanol–water partition coefficient (Wildman–Crippen LogP) is 0.926. The zero-order valence-corrected chi connectivity index (χ0v) is 13.5. The zero-order valence-electron chi connectivity index (χ0n) is 12.7. The summed E-state index contributed by atoms with van der Waals surface area (Å²) in [5, 5.41) is 12.0. The topological polar surface area (TPSA) is 101 Å². The number of thiophene rings is 1. The molecule has 0 aliphatic heterocycles. The second kappa shape index (κ2) is 6.11. The van der Waals surface area contributed by atoms with Crippen molar-refractivity contribution in [3.05, 3.63) is 27.1 Å². The van der Waals surface area contributed by atoms with Crippen molar-refractivity contribution in [1.82, 2.24) is 14.9 Å². The Bertz CT molecular complexity index is 839. The molecule has 2 heterocycles. The van der Waals surface area contributed by atoms with Gasteiger partial charge < -0.3 is 10.4 Å². The Labute approximate surface area is 136 Å². The molecule has 0 fully saturated rings. The minimum absolute atomic E-state index is 0.226. The number of carbonyl (C=O) groups is 2. The zero-order chi connectivity index (χ0) is 16.6. The largest absolute Gasteiger partial charge is 0.480 e. The first kappa shape index (κ1) is 15.7. The summed E-state index contributed by atoms with van der Waals surface area (Å²) in [6.07, 6.45) is 4.54. The van der Waals surface area contributed by atoms with Crippen molar-refractivity contribution in [2.45, 2.75) is 45.2 Å². The molecule has 0 spiro atoms. The highest BCUT2D eigenvalue weighted by Gasteiger charge is 2.22. The van der Waals surface area contributed by atoms with E-state index in [1.165, 1.54) is 15.8 Å². The molecule has 0 saturated heterocycles. The highest BCUT2D eigenvalue weighted by Crippen LogP contribution is 2.34. The van der Waals surface area contributed by atoms with Crippen molar-refractivity contribution >= 4 is 33.4 Å². The van der Waals surface area contributed by atoms with Gasteiger partial charge in [0, 0.05) is 4.88 Å². The van der Waals surface area contributed by atoms with Gasteiger partial charge in [0.2, 0.25) is 5.91 Å². The van der Waals surface area contributed by atoms with E-state index < -0.39 is 17.9 Å². The van der Waals surface area contributed by atoms with Gasteiger partial charge in [0.05, 0.1) is 11.7 Å². The maximum absolute atomic E-state index is 12.6. The standard InChI is InChI=1S/C15H17N3O4S/c1-2-9(15(21)22)17-11(19)6-18-7-16-13-12(14(18)20)8-4-3-5-10(8)23-13/h7,9H,2-6H2,1H3,(H,17,19)(H,21,22). The molecule has 1 aliphatic carbocycles. The Morgan fingerprint density at radius 3 is 2.96 bits per heavy atom. The fourth-order valence-corrected chi connectivity index (χ4v) is 4.08. The smallest absolute Gasteiger partial charge is 0.326 e. The normalized spacial score (nSPS) is 14.7. The molecule has 0 radical (unpaired) electrons. The van der Waals surface area contributed by atoms with Crippen LogP contribution in [0.1, 0.15) is 30.2 Å². The van der Waals surface area contributed by atoms with Crippen molar-refractivity contribution in [3.8, 4) is 0 Å². The molecular formula is C15H17N3O4S. The summed E-state index contributed by atoms with van der Waals surface area (Å²) in [5.74, 6) is -1.59. The first-order valence-corrected chi connectivity index (χ1v) is 8.34. The minimum atomic E-state index is -1.09. The summed E-state index contributed by atoms with van der Waals surface area (Å²) >= 11 is 1.54. The minimum Gasteiger partial charge on any atom is -0.480 e. The third kappa shape index (κ3) is 2.86. The fraction of sp³-hybridized carbons (Fsp3) is 0.467. The number of aliphatic carboxylic acids is 1. The van der Waals surface area contributed by atoms with Gasteiger partial charge in [0.1, 0.15) is 17.4 Å². The molecule has 2 aromatic heterocycles. The number of aryl methyl sites for hydroxylation is 2. The van der Waals surface area contributed by atoms with Gasteiger partial charge in [-0.3, -0.25) is 14.2 Å². The van der Waals surface area contributed by atoms with Gasteiger partial charge in [-0.25, -0.2) is 9.78 Å². The van der Waals surface area contributed by atoms with Gasteiger partial charge >= 0.3 is 5.97 Å². The summed E-state index contributed by atoms with van der Waals surface area (Å²) in [7, 11) is 0. The van der Waals surface area contributed by atoms with Gasteiger partial charge in [-0.1, -0.05) is 6.92 Å². The first-order valence-electron chi connectivity index (χ1n) is 7.53. The molecule has 2 aromatic rings. The van der Waals surface area contributed by atoms with Crippen molar-refractivity contribution < 1.29 is 14.7 Å². The van der Waals surface area contributed by atoms with Crippen molar-refractivity contribution in [2.75, 3.05) is 0 Å². The molecule has 3 rings (SSSR count). The molecule has 122 valence electrons. The summed E-state index contributed by atoms with van der Waals surface area (Å²) < 4.78 is 1.25. The number of rotatable bonds is 5. The van der Waals surface area contributed by atoms with Gasteiger partial charge in [0.25, 0.3) is 5.56 Å². The van der Waals surface area contributed by atoms with Crippen molar-refractivity contribution in [1.29, 1.82) is 0 Å². The number of carboxylic acid groups (broad SMARTS) is 1. The monoisotopic (exact) mass is 335 g/mol. The lowest BCUT2D eigenvalue weighted by Crippen LogP contribution is -2.42. The quantitative estimate of drug-likeness (QED) is 0.846. The first-order chi connectivity index (χ1) is 11.0. The summed E-state index contributed by atoms with van der Waals surface area (Å²) in [6.45, 7) is 1.45. The van der Waals surface area contributed by atoms with Crippen LogP contribution in [-0.4, -0.2) is 32.6 Å². The van der Waals surface area contributed by atoms with Crippen LogP contribution in [0, 0.1) is 0 Å². The summed E-state index contributed by atoms with van der Waals surface area (Å²) in [6, 6.07) is -0.944. The van der Waals surface area contributed by atoms with Crippen LogP contribution >= 0.6 is 11.3 Å². The van der Waals surface area contributed by atoms with E-state index in [-0.39, 0.29) is 18.5 Å². The number of carboxylic acids is 1. The second-order valence-electron chi connectivity index (χ2n) is 5.58. The van der Waals surface area contributed by atoms with E-state index in [4.69, 9.17) is 5.11 Å². The van der Waals surface area contributed by atoms with Gasteiger partial charge in [0.15, 0.2) is 0 Å². The maximum atomic E-state index is 12.6. The molecule has 0 aromatic carbocycles. The number of carbonyl (C=O) groups excluding carboxylic acids is 1. The van der Waals surface area contributed by atoms with Crippen LogP contribution in [0.25, 0.3) is 10.2 Å². The van der Waals surface area contributed by atoms with Crippen LogP contribution in [0.2, 0.25) is 0 Å². The van der Waals surface area contributed by atoms with E-state index in [1.54, 1.807) is 18.3 Å². The number of nitrogens with one attached hydrogen (secondary N) is 1. The van der Waals surface area contributed by atoms with E-state index in [0.29, 0.717) is 10.2 Å². The van der Waals surface area contributed by atoms with Crippen LogP contribution in [-0.2, 0) is 29.0 Å². The Morgan fingerprint density at radius 1 is 1.48 bits per heavy atom. The molecule has 7 nitrogen and oxygen atoms in total. The molecule has 0 saturated carbocycles. The Balaban J connectivity index is 1.86. The molecule has 8 heteroatoms. The predicted molar refractivity (Wildman–Crippen MR) is 85.8 cm³/mol. The number of hydrogen-bond donors (Lipinski definition) is 2. The summed E-state index contributed by atoms with van der Waals surface area (Å²) in [4.78, 5) is 41.8. The second-order valence-corrected chi connectivity index (χ2v) is 6.67. The van der Waals surface area contributed by atoms with E-state index in [0.717, 1.165) is 24.8 Å². The molecule has 1 aliphatic rings. The third-order valence-corrected chi connectivity index (χ3v) is 5.25. The molecular weight excluding hydrogens is 318 g/mol. The van der Waals surface area contributed by atoms with Crippen LogP contribution < -0.4 is 10.9 Å². The molecule has 1 amide bonds. The van der Waals surface area contributed by atoms with E-state index in [9.17, 15) is 14.4 Å². The van der Waals surface area contributed by atoms with Crippen LogP contribution in [0.15, 0.2) is 11.1 Å². The van der Waals surface area contributed by atoms with Gasteiger partial charge in [-0.15, -0.1) is 11.3 Å². The number of amides is 1. The average Bonchev–Trinajstić information content (AvgIpc) is 3.07. The Kier molecular flexibility index (Phi) is 4.16. The van der Waals surface area contributed by atoms with Crippen LogP contribution in [0.5, 0.6) is 0 Å². The Morgan fingerprint density at radius 2 is 2.26 bits per heavy atom. The van der Waals surface area contributed by atoms with E-state index in [2.05, 4.69) is 10.3 Å². The van der Waals surface area contributed by atoms with Gasteiger partial charge in [-0.05, 0) is 31.2 Å². The lowest BCUT2D eigenvalue weighted by Gasteiger charge is -2.12. The SMILES string of the molecule is CCC(NC(=O)Cn1cnc2sc3c(c2c1=O)CCC3)C(=O)O. The highest BCUT2D eigenvalue weighted by atomic mass is 32.1. The molecule has 2 N–H and O–H groups in total. The molecule has 1 atom stereocenters. The summed E-state index contributed by atoms with van der Waals surface area (Å²) in [5.41, 5.74) is 0.835. The number of fused-ring (bicyclic) bond motifs is 3. The number of aromatic nitrogens is 2. The van der Waals surface area contributed by atoms with Crippen molar-refractivity contribution in [3.63, 3.8) is 0 Å². The lowest BCUT2D eigenvalue weighted by molar-refractivity contribution is -0.142. The highest BCUT2D eigenvalue weighted by molar-refractivity contribution is 7.18. The van der Waals surface area contributed by atoms with Crippen molar-refractivity contribution in [2.24, 2.45) is 0 Å². The van der Waals surface area contributed by atoms with E-state index >= 15 is 0 Å².